The normalized spacial score (nSPS) is 11.9. The summed E-state index contributed by atoms with van der Waals surface area (Å²) in [7, 11) is 0. The smallest absolute Gasteiger partial charge is 0.164 e. The Bertz CT molecular complexity index is 3910. The molecule has 5 heteroatoms. The number of furan rings is 1. The Balaban J connectivity index is 1.12. The topological polar surface area (TPSA) is 56.7 Å². The number of fused-ring (bicyclic) bond motifs is 10. The zero-order valence-corrected chi connectivity index (χ0v) is 33.3. The monoisotopic (exact) mass is 790 g/mol. The molecule has 288 valence electrons. The molecular weight excluding hydrogens is 757 g/mol. The highest BCUT2D eigenvalue weighted by Gasteiger charge is 2.23. The Morgan fingerprint density at radius 2 is 0.935 bits per heavy atom. The average Bonchev–Trinajstić information content (AvgIpc) is 3.88. The molecule has 5 nitrogen and oxygen atoms in total. The van der Waals surface area contributed by atoms with Gasteiger partial charge in [-0.05, 0) is 68.4 Å². The van der Waals surface area contributed by atoms with E-state index in [9.17, 15) is 0 Å². The van der Waals surface area contributed by atoms with Crippen LogP contribution in [0, 0.1) is 0 Å². The van der Waals surface area contributed by atoms with Crippen LogP contribution in [0.5, 0.6) is 0 Å². The van der Waals surface area contributed by atoms with E-state index in [1.165, 1.54) is 32.3 Å². The first-order valence-corrected chi connectivity index (χ1v) is 20.9. The van der Waals surface area contributed by atoms with Crippen LogP contribution in [0.4, 0.5) is 0 Å². The van der Waals surface area contributed by atoms with Gasteiger partial charge in [0.15, 0.2) is 23.1 Å². The third-order valence-corrected chi connectivity index (χ3v) is 12.4. The van der Waals surface area contributed by atoms with Gasteiger partial charge in [-0.25, -0.2) is 15.0 Å². The van der Waals surface area contributed by atoms with E-state index in [-0.39, 0.29) is 0 Å². The molecule has 0 saturated carbocycles. The Morgan fingerprint density at radius 3 is 1.74 bits per heavy atom. The van der Waals surface area contributed by atoms with Gasteiger partial charge < -0.3 is 8.98 Å². The van der Waals surface area contributed by atoms with Crippen LogP contribution in [0.1, 0.15) is 0 Å². The average molecular weight is 791 g/mol. The summed E-state index contributed by atoms with van der Waals surface area (Å²) in [6.45, 7) is 0. The molecule has 13 rings (SSSR count). The molecule has 0 spiro atoms. The predicted molar refractivity (Wildman–Crippen MR) is 256 cm³/mol. The van der Waals surface area contributed by atoms with Gasteiger partial charge in [0.2, 0.25) is 0 Å². The number of nitrogens with zero attached hydrogens (tertiary/aromatic N) is 4. The quantitative estimate of drug-likeness (QED) is 0.174. The highest BCUT2D eigenvalue weighted by Crippen LogP contribution is 2.43. The molecule has 0 aliphatic heterocycles. The van der Waals surface area contributed by atoms with Crippen molar-refractivity contribution in [3.05, 3.63) is 206 Å². The van der Waals surface area contributed by atoms with E-state index in [0.717, 1.165) is 77.2 Å². The standard InChI is InChI=1S/C57H34N4O/c1-2-13-35(14-3-1)36-25-27-39(28-26-36)55-58-56(60-57(59-55)47-23-12-19-37-15-6-8-20-43(37)47)42-32-49-45-22-10-11-24-52(45)62-54(49)51(34-42)61-50-33-41-18-5-4-17-40(41)31-48(50)46-30-29-38-16-7-9-21-44(38)53(46)61/h1-34H. The largest absolute Gasteiger partial charge is 0.454 e. The first-order chi connectivity index (χ1) is 30.7. The van der Waals surface area contributed by atoms with Crippen molar-refractivity contribution in [3.8, 4) is 51.0 Å². The minimum Gasteiger partial charge on any atom is -0.454 e. The highest BCUT2D eigenvalue weighted by atomic mass is 16.3. The highest BCUT2D eigenvalue weighted by molar-refractivity contribution is 6.22. The summed E-state index contributed by atoms with van der Waals surface area (Å²) in [6, 6.07) is 72.7. The summed E-state index contributed by atoms with van der Waals surface area (Å²) in [5, 5.41) is 11.3. The third kappa shape index (κ3) is 5.38. The predicted octanol–water partition coefficient (Wildman–Crippen LogP) is 15.0. The summed E-state index contributed by atoms with van der Waals surface area (Å²) in [4.78, 5) is 15.9. The Labute approximate surface area is 355 Å². The van der Waals surface area contributed by atoms with Crippen LogP contribution in [0.3, 0.4) is 0 Å². The SMILES string of the molecule is c1ccc(-c2ccc(-c3nc(-c4cc(-n5c6cc7ccccc7cc6c6ccc7ccccc7c65)c5oc6ccccc6c5c4)nc(-c4cccc5ccccc45)n3)cc2)cc1. The van der Waals surface area contributed by atoms with Gasteiger partial charge in [0.25, 0.3) is 0 Å². The lowest BCUT2D eigenvalue weighted by Gasteiger charge is -2.14. The minimum atomic E-state index is 0.578. The van der Waals surface area contributed by atoms with E-state index in [1.54, 1.807) is 0 Å². The maximum absolute atomic E-state index is 6.90. The Kier molecular flexibility index (Phi) is 7.54. The third-order valence-electron chi connectivity index (χ3n) is 12.4. The van der Waals surface area contributed by atoms with Crippen molar-refractivity contribution in [1.82, 2.24) is 19.5 Å². The fraction of sp³-hybridized carbons (Fsp3) is 0. The van der Waals surface area contributed by atoms with Crippen molar-refractivity contribution in [3.63, 3.8) is 0 Å². The second-order valence-electron chi connectivity index (χ2n) is 16.0. The summed E-state index contributed by atoms with van der Waals surface area (Å²) in [5.41, 5.74) is 9.77. The molecule has 0 aliphatic carbocycles. The summed E-state index contributed by atoms with van der Waals surface area (Å²) < 4.78 is 9.31. The number of rotatable bonds is 5. The van der Waals surface area contributed by atoms with Crippen LogP contribution in [-0.4, -0.2) is 19.5 Å². The van der Waals surface area contributed by atoms with Gasteiger partial charge in [0.1, 0.15) is 5.58 Å². The molecule has 13 aromatic rings. The Morgan fingerprint density at radius 1 is 0.339 bits per heavy atom. The van der Waals surface area contributed by atoms with Crippen molar-refractivity contribution < 1.29 is 4.42 Å². The molecule has 62 heavy (non-hydrogen) atoms. The lowest BCUT2D eigenvalue weighted by atomic mass is 10.0. The lowest BCUT2D eigenvalue weighted by Crippen LogP contribution is -2.02. The van der Waals surface area contributed by atoms with Crippen molar-refractivity contribution >= 4 is 76.1 Å². The van der Waals surface area contributed by atoms with Crippen molar-refractivity contribution in [2.45, 2.75) is 0 Å². The van der Waals surface area contributed by atoms with Crippen LogP contribution in [0.25, 0.3) is 127 Å². The second kappa shape index (κ2) is 13.6. The minimum absolute atomic E-state index is 0.578. The van der Waals surface area contributed by atoms with Crippen LogP contribution < -0.4 is 0 Å². The summed E-state index contributed by atoms with van der Waals surface area (Å²) >= 11 is 0. The van der Waals surface area contributed by atoms with Gasteiger partial charge in [-0.3, -0.25) is 0 Å². The van der Waals surface area contributed by atoms with Gasteiger partial charge in [0.05, 0.1) is 16.7 Å². The lowest BCUT2D eigenvalue weighted by molar-refractivity contribution is 0.666. The molecule has 0 fully saturated rings. The molecule has 0 atom stereocenters. The van der Waals surface area contributed by atoms with Crippen LogP contribution in [0.15, 0.2) is 211 Å². The van der Waals surface area contributed by atoms with Crippen molar-refractivity contribution in [1.29, 1.82) is 0 Å². The van der Waals surface area contributed by atoms with Crippen LogP contribution in [-0.2, 0) is 0 Å². The maximum atomic E-state index is 6.90. The van der Waals surface area contributed by atoms with E-state index >= 15 is 0 Å². The van der Waals surface area contributed by atoms with Gasteiger partial charge in [0, 0.05) is 43.6 Å². The molecule has 0 saturated heterocycles. The molecule has 0 bridgehead atoms. The summed E-state index contributed by atoms with van der Waals surface area (Å²) in [5.74, 6) is 1.79. The molecule has 3 heterocycles. The molecule has 0 radical (unpaired) electrons. The molecular formula is C57H34N4O. The molecule has 0 unspecified atom stereocenters. The van der Waals surface area contributed by atoms with Gasteiger partial charge in [-0.15, -0.1) is 0 Å². The molecule has 0 aliphatic rings. The van der Waals surface area contributed by atoms with Gasteiger partial charge in [-0.2, -0.15) is 0 Å². The van der Waals surface area contributed by atoms with Crippen LogP contribution >= 0.6 is 0 Å². The Hall–Kier alpha value is -8.41. The number of benzene rings is 10. The second-order valence-corrected chi connectivity index (χ2v) is 16.0. The van der Waals surface area contributed by atoms with Gasteiger partial charge >= 0.3 is 0 Å². The summed E-state index contributed by atoms with van der Waals surface area (Å²) in [6.07, 6.45) is 0. The fourth-order valence-electron chi connectivity index (χ4n) is 9.43. The number of para-hydroxylation sites is 1. The zero-order valence-electron chi connectivity index (χ0n) is 33.3. The van der Waals surface area contributed by atoms with E-state index in [2.05, 4.69) is 193 Å². The molecule has 0 amide bonds. The first kappa shape index (κ1) is 34.5. The van der Waals surface area contributed by atoms with Crippen LogP contribution in [0.2, 0.25) is 0 Å². The molecule has 0 N–H and O–H groups in total. The van der Waals surface area contributed by atoms with Crippen molar-refractivity contribution in [2.75, 3.05) is 0 Å². The first-order valence-electron chi connectivity index (χ1n) is 20.9. The van der Waals surface area contributed by atoms with E-state index < -0.39 is 0 Å². The van der Waals surface area contributed by atoms with Gasteiger partial charge in [-0.1, -0.05) is 176 Å². The molecule has 10 aromatic carbocycles. The van der Waals surface area contributed by atoms with Crippen molar-refractivity contribution in [2.24, 2.45) is 0 Å². The van der Waals surface area contributed by atoms with E-state index in [0.29, 0.717) is 17.5 Å². The van der Waals surface area contributed by atoms with E-state index in [1.807, 2.05) is 18.2 Å². The maximum Gasteiger partial charge on any atom is 0.164 e. The van der Waals surface area contributed by atoms with E-state index in [4.69, 9.17) is 19.4 Å². The fourth-order valence-corrected chi connectivity index (χ4v) is 9.43. The number of hydrogen-bond donors (Lipinski definition) is 0. The number of hydrogen-bond acceptors (Lipinski definition) is 4. The number of aromatic nitrogens is 4. The zero-order chi connectivity index (χ0) is 40.7. The molecule has 3 aromatic heterocycles.